The van der Waals surface area contributed by atoms with Gasteiger partial charge in [0.05, 0.1) is 15.8 Å². The minimum absolute atomic E-state index is 0.182. The summed E-state index contributed by atoms with van der Waals surface area (Å²) in [6.07, 6.45) is -4.45. The topological polar surface area (TPSA) is 36.4 Å². The van der Waals surface area contributed by atoms with E-state index in [9.17, 15) is 18.0 Å². The Morgan fingerprint density at radius 3 is 2.29 bits per heavy atom. The van der Waals surface area contributed by atoms with E-state index in [-0.39, 0.29) is 11.5 Å². The van der Waals surface area contributed by atoms with Crippen LogP contribution in [-0.4, -0.2) is 42.0 Å². The number of aromatic nitrogens is 1. The summed E-state index contributed by atoms with van der Waals surface area (Å²) in [4.78, 5) is 21.6. The zero-order chi connectivity index (χ0) is 22.8. The Kier molecular flexibility index (Phi) is 7.24. The lowest BCUT2D eigenvalue weighted by molar-refractivity contribution is -0.137. The fraction of sp³-hybridized carbons (Fsp3) is 0.364. The van der Waals surface area contributed by atoms with Gasteiger partial charge < -0.3 is 4.90 Å². The number of rotatable bonds is 7. The van der Waals surface area contributed by atoms with E-state index in [1.807, 2.05) is 26.8 Å². The standard InChI is InChI=1S/C22H23ClF3N3OS/c1-4-28(5-2)12-13-29(20(30)15-6-8-16(9-7-15)22(24,25)26)21-27-19-14(3)17(23)10-11-18(19)31-21/h6-11H,4-5,12-13H2,1-3H3. The van der Waals surface area contributed by atoms with Crippen LogP contribution in [0.15, 0.2) is 36.4 Å². The highest BCUT2D eigenvalue weighted by atomic mass is 35.5. The van der Waals surface area contributed by atoms with Crippen LogP contribution in [0.5, 0.6) is 0 Å². The van der Waals surface area contributed by atoms with Crippen molar-refractivity contribution < 1.29 is 18.0 Å². The predicted octanol–water partition coefficient (Wildman–Crippen LogP) is 6.27. The summed E-state index contributed by atoms with van der Waals surface area (Å²) in [6.45, 7) is 8.58. The van der Waals surface area contributed by atoms with Gasteiger partial charge in [-0.2, -0.15) is 13.2 Å². The molecule has 0 saturated carbocycles. The van der Waals surface area contributed by atoms with E-state index in [0.29, 0.717) is 23.2 Å². The Morgan fingerprint density at radius 1 is 1.06 bits per heavy atom. The van der Waals surface area contributed by atoms with E-state index < -0.39 is 11.7 Å². The van der Waals surface area contributed by atoms with Gasteiger partial charge >= 0.3 is 6.18 Å². The molecule has 0 bridgehead atoms. The van der Waals surface area contributed by atoms with E-state index in [0.717, 1.165) is 41.0 Å². The number of carbonyl (C=O) groups is 1. The number of alkyl halides is 3. The molecule has 2 aromatic carbocycles. The van der Waals surface area contributed by atoms with E-state index in [2.05, 4.69) is 9.88 Å². The van der Waals surface area contributed by atoms with Crippen LogP contribution in [0.4, 0.5) is 18.3 Å². The van der Waals surface area contributed by atoms with Gasteiger partial charge in [0.1, 0.15) is 0 Å². The Bertz CT molecular complexity index is 1060. The maximum absolute atomic E-state index is 13.3. The molecule has 0 aliphatic heterocycles. The Hall–Kier alpha value is -2.16. The highest BCUT2D eigenvalue weighted by Crippen LogP contribution is 2.34. The molecule has 0 saturated heterocycles. The summed E-state index contributed by atoms with van der Waals surface area (Å²) in [5.41, 5.74) is 0.943. The largest absolute Gasteiger partial charge is 0.416 e. The van der Waals surface area contributed by atoms with Crippen molar-refractivity contribution >= 4 is 44.2 Å². The minimum atomic E-state index is -4.45. The second-order valence-corrected chi connectivity index (χ2v) is 8.49. The normalized spacial score (nSPS) is 12.0. The Labute approximate surface area is 188 Å². The van der Waals surface area contributed by atoms with Crippen LogP contribution in [0.2, 0.25) is 5.02 Å². The number of thiazole rings is 1. The average Bonchev–Trinajstić information content (AvgIpc) is 3.18. The van der Waals surface area contributed by atoms with Crippen LogP contribution in [-0.2, 0) is 6.18 Å². The highest BCUT2D eigenvalue weighted by molar-refractivity contribution is 7.22. The third kappa shape index (κ3) is 5.19. The second kappa shape index (κ2) is 9.54. The fourth-order valence-corrected chi connectivity index (χ4v) is 4.43. The first-order valence-corrected chi connectivity index (χ1v) is 11.1. The molecule has 0 aliphatic carbocycles. The minimum Gasteiger partial charge on any atom is -0.302 e. The molecule has 0 fully saturated rings. The van der Waals surface area contributed by atoms with E-state index in [4.69, 9.17) is 11.6 Å². The van der Waals surface area contributed by atoms with Gasteiger partial charge in [0.15, 0.2) is 5.13 Å². The molecule has 4 nitrogen and oxygen atoms in total. The van der Waals surface area contributed by atoms with Gasteiger partial charge in [0, 0.05) is 23.7 Å². The number of likely N-dealkylation sites (N-methyl/N-ethyl adjacent to an activating group) is 1. The van der Waals surface area contributed by atoms with Crippen LogP contribution in [0.3, 0.4) is 0 Å². The van der Waals surface area contributed by atoms with E-state index >= 15 is 0 Å². The molecule has 1 aromatic heterocycles. The molecular weight excluding hydrogens is 447 g/mol. The van der Waals surface area contributed by atoms with Gasteiger partial charge in [-0.25, -0.2) is 4.98 Å². The number of halogens is 4. The third-order valence-electron chi connectivity index (χ3n) is 5.21. The molecule has 1 amide bonds. The second-order valence-electron chi connectivity index (χ2n) is 7.07. The monoisotopic (exact) mass is 469 g/mol. The SMILES string of the molecule is CCN(CC)CCN(C(=O)c1ccc(C(F)(F)F)cc1)c1nc2c(C)c(Cl)ccc2s1. The quantitative estimate of drug-likeness (QED) is 0.409. The van der Waals surface area contributed by atoms with E-state index in [1.165, 1.54) is 23.5 Å². The maximum Gasteiger partial charge on any atom is 0.416 e. The molecule has 0 spiro atoms. The van der Waals surface area contributed by atoms with Crippen LogP contribution in [0.25, 0.3) is 10.2 Å². The van der Waals surface area contributed by atoms with Crippen molar-refractivity contribution in [3.63, 3.8) is 0 Å². The summed E-state index contributed by atoms with van der Waals surface area (Å²) in [6, 6.07) is 7.93. The van der Waals surface area contributed by atoms with Gasteiger partial charge in [0.2, 0.25) is 0 Å². The van der Waals surface area contributed by atoms with Crippen molar-refractivity contribution in [3.05, 3.63) is 58.1 Å². The number of hydrogen-bond acceptors (Lipinski definition) is 4. The molecule has 0 N–H and O–H groups in total. The summed E-state index contributed by atoms with van der Waals surface area (Å²) in [5, 5.41) is 1.09. The molecule has 9 heteroatoms. The molecule has 0 atom stereocenters. The number of nitrogens with zero attached hydrogens (tertiary/aromatic N) is 3. The molecular formula is C22H23ClF3N3OS. The van der Waals surface area contributed by atoms with Gasteiger partial charge in [0.25, 0.3) is 5.91 Å². The van der Waals surface area contributed by atoms with Crippen LogP contribution >= 0.6 is 22.9 Å². The number of anilines is 1. The number of amides is 1. The molecule has 3 aromatic rings. The summed E-state index contributed by atoms with van der Waals surface area (Å²) >= 11 is 7.57. The molecule has 0 unspecified atom stereocenters. The first kappa shape index (κ1) is 23.5. The summed E-state index contributed by atoms with van der Waals surface area (Å²) in [7, 11) is 0. The third-order valence-corrected chi connectivity index (χ3v) is 6.66. The number of aryl methyl sites for hydroxylation is 1. The first-order valence-electron chi connectivity index (χ1n) is 9.92. The van der Waals surface area contributed by atoms with Crippen LogP contribution in [0, 0.1) is 6.92 Å². The van der Waals surface area contributed by atoms with Gasteiger partial charge in [-0.15, -0.1) is 0 Å². The molecule has 166 valence electrons. The smallest absolute Gasteiger partial charge is 0.302 e. The van der Waals surface area contributed by atoms with Crippen molar-refractivity contribution in [1.82, 2.24) is 9.88 Å². The predicted molar refractivity (Wildman–Crippen MR) is 120 cm³/mol. The Morgan fingerprint density at radius 2 is 1.71 bits per heavy atom. The maximum atomic E-state index is 13.3. The van der Waals surface area contributed by atoms with Crippen molar-refractivity contribution in [2.75, 3.05) is 31.1 Å². The van der Waals surface area contributed by atoms with Crippen molar-refractivity contribution in [3.8, 4) is 0 Å². The zero-order valence-electron chi connectivity index (χ0n) is 17.5. The average molecular weight is 470 g/mol. The lowest BCUT2D eigenvalue weighted by Crippen LogP contribution is -2.38. The van der Waals surface area contributed by atoms with Crippen LogP contribution < -0.4 is 4.90 Å². The molecule has 3 rings (SSSR count). The lowest BCUT2D eigenvalue weighted by Gasteiger charge is -2.25. The number of benzene rings is 2. The molecule has 0 radical (unpaired) electrons. The van der Waals surface area contributed by atoms with Crippen molar-refractivity contribution in [2.24, 2.45) is 0 Å². The number of hydrogen-bond donors (Lipinski definition) is 0. The molecule has 31 heavy (non-hydrogen) atoms. The molecule has 0 aliphatic rings. The molecule has 1 heterocycles. The van der Waals surface area contributed by atoms with Crippen LogP contribution in [0.1, 0.15) is 35.3 Å². The highest BCUT2D eigenvalue weighted by Gasteiger charge is 2.31. The van der Waals surface area contributed by atoms with E-state index in [1.54, 1.807) is 11.0 Å². The van der Waals surface area contributed by atoms with Gasteiger partial charge in [-0.1, -0.05) is 36.8 Å². The number of fused-ring (bicyclic) bond motifs is 1. The van der Waals surface area contributed by atoms with Gasteiger partial charge in [-0.05, 0) is 62.0 Å². The van der Waals surface area contributed by atoms with Crippen molar-refractivity contribution in [2.45, 2.75) is 26.9 Å². The fourth-order valence-electron chi connectivity index (χ4n) is 3.23. The summed E-state index contributed by atoms with van der Waals surface area (Å²) < 4.78 is 39.6. The first-order chi connectivity index (χ1) is 14.7. The zero-order valence-corrected chi connectivity index (χ0v) is 19.0. The summed E-state index contributed by atoms with van der Waals surface area (Å²) in [5.74, 6) is -0.385. The lowest BCUT2D eigenvalue weighted by atomic mass is 10.1. The van der Waals surface area contributed by atoms with Gasteiger partial charge in [-0.3, -0.25) is 9.69 Å². The number of carbonyl (C=O) groups excluding carboxylic acids is 1. The Balaban J connectivity index is 1.98. The van der Waals surface area contributed by atoms with Crippen molar-refractivity contribution in [1.29, 1.82) is 0 Å².